The van der Waals surface area contributed by atoms with Crippen molar-refractivity contribution in [3.05, 3.63) is 29.8 Å². The second-order valence-corrected chi connectivity index (χ2v) is 7.90. The van der Waals surface area contributed by atoms with Crippen LogP contribution in [0.25, 0.3) is 0 Å². The van der Waals surface area contributed by atoms with E-state index < -0.39 is 0 Å². The third-order valence-electron chi connectivity index (χ3n) is 4.87. The SMILES string of the molecule is CCCCCCCCCCCCC(C)(C)Cc1ccccc1O. The number of phenols is 1. The average molecular weight is 319 g/mol. The molecule has 1 nitrogen and oxygen atoms in total. The lowest BCUT2D eigenvalue weighted by molar-refractivity contribution is 0.311. The van der Waals surface area contributed by atoms with Gasteiger partial charge in [0.05, 0.1) is 0 Å². The van der Waals surface area contributed by atoms with Crippen molar-refractivity contribution >= 4 is 0 Å². The van der Waals surface area contributed by atoms with Gasteiger partial charge in [0, 0.05) is 0 Å². The van der Waals surface area contributed by atoms with Crippen molar-refractivity contribution in [3.8, 4) is 5.75 Å². The molecule has 1 aromatic carbocycles. The van der Waals surface area contributed by atoms with E-state index in [1.54, 1.807) is 6.07 Å². The average Bonchev–Trinajstić information content (AvgIpc) is 2.51. The van der Waals surface area contributed by atoms with E-state index in [2.05, 4.69) is 26.8 Å². The number of benzene rings is 1. The van der Waals surface area contributed by atoms with Crippen LogP contribution in [0, 0.1) is 5.41 Å². The van der Waals surface area contributed by atoms with Crippen LogP contribution in [0.3, 0.4) is 0 Å². The Hall–Kier alpha value is -0.980. The molecule has 1 aromatic rings. The molecule has 0 unspecified atom stereocenters. The molecule has 0 aliphatic heterocycles. The Bertz CT molecular complexity index is 408. The van der Waals surface area contributed by atoms with Crippen LogP contribution in [0.5, 0.6) is 5.75 Å². The first-order valence-corrected chi connectivity index (χ1v) is 9.82. The molecule has 0 heterocycles. The molecule has 1 heteroatoms. The Kier molecular flexibility index (Phi) is 10.1. The molecule has 0 saturated carbocycles. The summed E-state index contributed by atoms with van der Waals surface area (Å²) in [6.07, 6.45) is 16.2. The van der Waals surface area contributed by atoms with Crippen LogP contribution in [-0.2, 0) is 6.42 Å². The Balaban J connectivity index is 2.07. The monoisotopic (exact) mass is 318 g/mol. The van der Waals surface area contributed by atoms with Crippen molar-refractivity contribution in [1.29, 1.82) is 0 Å². The maximum absolute atomic E-state index is 9.92. The van der Waals surface area contributed by atoms with Gasteiger partial charge in [-0.25, -0.2) is 0 Å². The molecule has 0 saturated heterocycles. The number of para-hydroxylation sites is 1. The molecular formula is C22H38O. The summed E-state index contributed by atoms with van der Waals surface area (Å²) in [5.41, 5.74) is 1.36. The smallest absolute Gasteiger partial charge is 0.118 e. The van der Waals surface area contributed by atoms with Crippen LogP contribution in [0.2, 0.25) is 0 Å². The number of hydrogen-bond acceptors (Lipinski definition) is 1. The summed E-state index contributed by atoms with van der Waals surface area (Å²) in [4.78, 5) is 0. The standard InChI is InChI=1S/C22H38O/c1-4-5-6-7-8-9-10-11-12-15-18-22(2,3)19-20-16-13-14-17-21(20)23/h13-14,16-17,23H,4-12,15,18-19H2,1-3H3. The van der Waals surface area contributed by atoms with E-state index in [0.29, 0.717) is 5.75 Å². The fourth-order valence-electron chi connectivity index (χ4n) is 3.36. The van der Waals surface area contributed by atoms with E-state index in [0.717, 1.165) is 12.0 Å². The predicted octanol–water partition coefficient (Wildman–Crippen LogP) is 7.27. The Morgan fingerprint density at radius 3 is 1.87 bits per heavy atom. The van der Waals surface area contributed by atoms with Gasteiger partial charge in [-0.15, -0.1) is 0 Å². The summed E-state index contributed by atoms with van der Waals surface area (Å²) < 4.78 is 0. The maximum Gasteiger partial charge on any atom is 0.118 e. The molecule has 0 fully saturated rings. The van der Waals surface area contributed by atoms with Gasteiger partial charge in [-0.05, 0) is 29.9 Å². The van der Waals surface area contributed by atoms with E-state index in [4.69, 9.17) is 0 Å². The third-order valence-corrected chi connectivity index (χ3v) is 4.87. The van der Waals surface area contributed by atoms with Crippen LogP contribution >= 0.6 is 0 Å². The van der Waals surface area contributed by atoms with Crippen molar-refractivity contribution in [2.24, 2.45) is 5.41 Å². The third kappa shape index (κ3) is 9.69. The number of unbranched alkanes of at least 4 members (excludes halogenated alkanes) is 9. The van der Waals surface area contributed by atoms with E-state index in [1.807, 2.05) is 12.1 Å². The normalized spacial score (nSPS) is 11.8. The Labute approximate surface area is 144 Å². The fourth-order valence-corrected chi connectivity index (χ4v) is 3.36. The molecular weight excluding hydrogens is 280 g/mol. The first-order valence-electron chi connectivity index (χ1n) is 9.82. The fraction of sp³-hybridized carbons (Fsp3) is 0.727. The van der Waals surface area contributed by atoms with Gasteiger partial charge in [-0.2, -0.15) is 0 Å². The molecule has 23 heavy (non-hydrogen) atoms. The van der Waals surface area contributed by atoms with Gasteiger partial charge < -0.3 is 5.11 Å². The van der Waals surface area contributed by atoms with Gasteiger partial charge in [0.1, 0.15) is 5.75 Å². The number of phenolic OH excluding ortho intramolecular Hbond substituents is 1. The molecule has 1 N–H and O–H groups in total. The van der Waals surface area contributed by atoms with Crippen molar-refractivity contribution in [2.75, 3.05) is 0 Å². The summed E-state index contributed by atoms with van der Waals surface area (Å²) in [7, 11) is 0. The highest BCUT2D eigenvalue weighted by Gasteiger charge is 2.19. The van der Waals surface area contributed by atoms with Gasteiger partial charge in [0.25, 0.3) is 0 Å². The number of aromatic hydroxyl groups is 1. The molecule has 0 atom stereocenters. The summed E-state index contributed by atoms with van der Waals surface area (Å²) >= 11 is 0. The molecule has 1 rings (SSSR count). The second kappa shape index (κ2) is 11.5. The lowest BCUT2D eigenvalue weighted by Crippen LogP contribution is -2.15. The molecule has 132 valence electrons. The lowest BCUT2D eigenvalue weighted by atomic mass is 9.81. The van der Waals surface area contributed by atoms with E-state index in [-0.39, 0.29) is 5.41 Å². The second-order valence-electron chi connectivity index (χ2n) is 7.90. The summed E-state index contributed by atoms with van der Waals surface area (Å²) in [6, 6.07) is 7.77. The molecule has 0 aliphatic rings. The zero-order chi connectivity index (χ0) is 17.0. The lowest BCUT2D eigenvalue weighted by Gasteiger charge is -2.25. The van der Waals surface area contributed by atoms with Crippen LogP contribution in [0.15, 0.2) is 24.3 Å². The Morgan fingerprint density at radius 2 is 1.30 bits per heavy atom. The van der Waals surface area contributed by atoms with E-state index in [1.165, 1.54) is 70.6 Å². The summed E-state index contributed by atoms with van der Waals surface area (Å²) in [5, 5.41) is 9.92. The Morgan fingerprint density at radius 1 is 0.783 bits per heavy atom. The highest BCUT2D eigenvalue weighted by atomic mass is 16.3. The quantitative estimate of drug-likeness (QED) is 0.379. The maximum atomic E-state index is 9.92. The first-order chi connectivity index (χ1) is 11.0. The van der Waals surface area contributed by atoms with Crippen LogP contribution in [0.4, 0.5) is 0 Å². The minimum Gasteiger partial charge on any atom is -0.508 e. The minimum absolute atomic E-state index is 0.277. The van der Waals surface area contributed by atoms with E-state index in [9.17, 15) is 5.11 Å². The molecule has 0 amide bonds. The van der Waals surface area contributed by atoms with E-state index >= 15 is 0 Å². The molecule has 0 bridgehead atoms. The van der Waals surface area contributed by atoms with Gasteiger partial charge in [0.15, 0.2) is 0 Å². The largest absolute Gasteiger partial charge is 0.508 e. The van der Waals surface area contributed by atoms with Crippen molar-refractivity contribution in [1.82, 2.24) is 0 Å². The zero-order valence-corrected chi connectivity index (χ0v) is 15.7. The number of rotatable bonds is 13. The van der Waals surface area contributed by atoms with Gasteiger partial charge in [0.2, 0.25) is 0 Å². The highest BCUT2D eigenvalue weighted by molar-refractivity contribution is 5.32. The van der Waals surface area contributed by atoms with Gasteiger partial charge in [-0.1, -0.05) is 103 Å². The van der Waals surface area contributed by atoms with Crippen molar-refractivity contribution in [2.45, 2.75) is 97.8 Å². The highest BCUT2D eigenvalue weighted by Crippen LogP contribution is 2.31. The van der Waals surface area contributed by atoms with Gasteiger partial charge >= 0.3 is 0 Å². The predicted molar refractivity (Wildman–Crippen MR) is 102 cm³/mol. The molecule has 0 spiro atoms. The zero-order valence-electron chi connectivity index (χ0n) is 15.7. The van der Waals surface area contributed by atoms with Crippen LogP contribution in [-0.4, -0.2) is 5.11 Å². The summed E-state index contributed by atoms with van der Waals surface area (Å²) in [5.74, 6) is 0.448. The molecule has 0 radical (unpaired) electrons. The topological polar surface area (TPSA) is 20.2 Å². The molecule has 0 aromatic heterocycles. The number of hydrogen-bond donors (Lipinski definition) is 1. The summed E-state index contributed by atoms with van der Waals surface area (Å²) in [6.45, 7) is 6.93. The van der Waals surface area contributed by atoms with Crippen molar-refractivity contribution < 1.29 is 5.11 Å². The minimum atomic E-state index is 0.277. The van der Waals surface area contributed by atoms with Crippen LogP contribution < -0.4 is 0 Å². The van der Waals surface area contributed by atoms with Crippen LogP contribution in [0.1, 0.15) is 97.0 Å². The first kappa shape index (κ1) is 20.1. The molecule has 0 aliphatic carbocycles. The van der Waals surface area contributed by atoms with Crippen molar-refractivity contribution in [3.63, 3.8) is 0 Å². The van der Waals surface area contributed by atoms with Gasteiger partial charge in [-0.3, -0.25) is 0 Å².